The molecule has 1 atom stereocenters. The molecule has 0 unspecified atom stereocenters. The highest BCUT2D eigenvalue weighted by Gasteiger charge is 2.40. The van der Waals surface area contributed by atoms with E-state index in [0.29, 0.717) is 16.8 Å². The van der Waals surface area contributed by atoms with Crippen LogP contribution in [0.15, 0.2) is 59.7 Å². The standard InChI is InChI=1S/C23H26ClN3O/c24-19-11-13-20(14-12-19)25-26-22-18(15-17-7-3-1-4-8-17)16-27(23(22)28)21-9-5-2-6-10-21/h1,3-4,7-8,11-14,18,21,25H,2,5-6,9-10,15-16H2/b26-22+/t18-/m0/s1. The molecular weight excluding hydrogens is 370 g/mol. The number of hydrazone groups is 1. The molecule has 1 amide bonds. The second-order valence-corrected chi connectivity index (χ2v) is 8.19. The summed E-state index contributed by atoms with van der Waals surface area (Å²) < 4.78 is 0. The molecule has 1 aliphatic carbocycles. The Morgan fingerprint density at radius 3 is 2.43 bits per heavy atom. The fourth-order valence-electron chi connectivity index (χ4n) is 4.28. The molecule has 2 aliphatic rings. The molecular formula is C23H26ClN3O. The molecule has 1 heterocycles. The third-order valence-electron chi connectivity index (χ3n) is 5.77. The average Bonchev–Trinajstić information content (AvgIpc) is 3.04. The van der Waals surface area contributed by atoms with E-state index in [-0.39, 0.29) is 11.8 Å². The van der Waals surface area contributed by atoms with Crippen molar-refractivity contribution in [2.45, 2.75) is 44.6 Å². The van der Waals surface area contributed by atoms with Gasteiger partial charge in [-0.25, -0.2) is 0 Å². The summed E-state index contributed by atoms with van der Waals surface area (Å²) in [5.41, 5.74) is 5.78. The van der Waals surface area contributed by atoms with E-state index in [9.17, 15) is 4.79 Å². The van der Waals surface area contributed by atoms with Crippen LogP contribution in [-0.4, -0.2) is 29.1 Å². The summed E-state index contributed by atoms with van der Waals surface area (Å²) in [7, 11) is 0. The monoisotopic (exact) mass is 395 g/mol. The van der Waals surface area contributed by atoms with Crippen LogP contribution in [-0.2, 0) is 11.2 Å². The van der Waals surface area contributed by atoms with Gasteiger partial charge in [-0.05, 0) is 49.1 Å². The van der Waals surface area contributed by atoms with Crippen molar-refractivity contribution in [1.82, 2.24) is 4.90 Å². The van der Waals surface area contributed by atoms with Crippen molar-refractivity contribution in [2.24, 2.45) is 11.0 Å². The quantitative estimate of drug-likeness (QED) is 0.712. The first kappa shape index (κ1) is 19.0. The predicted molar refractivity (Wildman–Crippen MR) is 115 cm³/mol. The molecule has 0 spiro atoms. The summed E-state index contributed by atoms with van der Waals surface area (Å²) in [4.78, 5) is 15.3. The Kier molecular flexibility index (Phi) is 5.96. The van der Waals surface area contributed by atoms with Gasteiger partial charge in [0.05, 0.1) is 5.69 Å². The van der Waals surface area contributed by atoms with Gasteiger partial charge in [0.2, 0.25) is 0 Å². The second kappa shape index (κ2) is 8.78. The van der Waals surface area contributed by atoms with Crippen LogP contribution in [0.2, 0.25) is 5.02 Å². The van der Waals surface area contributed by atoms with E-state index >= 15 is 0 Å². The van der Waals surface area contributed by atoms with E-state index in [2.05, 4.69) is 27.6 Å². The molecule has 146 valence electrons. The van der Waals surface area contributed by atoms with Crippen molar-refractivity contribution in [1.29, 1.82) is 0 Å². The smallest absolute Gasteiger partial charge is 0.270 e. The van der Waals surface area contributed by atoms with Crippen LogP contribution >= 0.6 is 11.6 Å². The van der Waals surface area contributed by atoms with Crippen molar-refractivity contribution < 1.29 is 4.79 Å². The van der Waals surface area contributed by atoms with Crippen molar-refractivity contribution in [3.63, 3.8) is 0 Å². The van der Waals surface area contributed by atoms with Crippen LogP contribution in [0.1, 0.15) is 37.7 Å². The van der Waals surface area contributed by atoms with Crippen molar-refractivity contribution in [3.05, 3.63) is 65.2 Å². The fraction of sp³-hybridized carbons (Fsp3) is 0.391. The summed E-state index contributed by atoms with van der Waals surface area (Å²) in [5.74, 6) is 0.200. The lowest BCUT2D eigenvalue weighted by Gasteiger charge is -2.30. The van der Waals surface area contributed by atoms with Gasteiger partial charge in [0.25, 0.3) is 5.91 Å². The number of hydrogen-bond donors (Lipinski definition) is 1. The van der Waals surface area contributed by atoms with Gasteiger partial charge in [-0.2, -0.15) is 5.10 Å². The summed E-state index contributed by atoms with van der Waals surface area (Å²) in [6.45, 7) is 0.763. The van der Waals surface area contributed by atoms with Gasteiger partial charge in [-0.1, -0.05) is 61.2 Å². The Morgan fingerprint density at radius 2 is 1.71 bits per heavy atom. The Labute approximate surface area is 171 Å². The van der Waals surface area contributed by atoms with Crippen LogP contribution in [0.3, 0.4) is 0 Å². The molecule has 2 aromatic rings. The van der Waals surface area contributed by atoms with Crippen LogP contribution in [0.25, 0.3) is 0 Å². The number of amides is 1. The minimum absolute atomic E-state index is 0.0919. The zero-order valence-corrected chi connectivity index (χ0v) is 16.7. The molecule has 2 aromatic carbocycles. The largest absolute Gasteiger partial charge is 0.334 e. The molecule has 5 heteroatoms. The SMILES string of the molecule is O=C1/C(=N/Nc2ccc(Cl)cc2)[C@@H](Cc2ccccc2)CN1C1CCCCC1. The maximum Gasteiger partial charge on any atom is 0.270 e. The first-order valence-electron chi connectivity index (χ1n) is 10.1. The Morgan fingerprint density at radius 1 is 1.00 bits per heavy atom. The molecule has 28 heavy (non-hydrogen) atoms. The number of benzene rings is 2. The highest BCUT2D eigenvalue weighted by atomic mass is 35.5. The lowest BCUT2D eigenvalue weighted by Crippen LogP contribution is -2.39. The van der Waals surface area contributed by atoms with Crippen LogP contribution < -0.4 is 5.43 Å². The summed E-state index contributed by atoms with van der Waals surface area (Å²) in [6.07, 6.45) is 6.77. The molecule has 4 rings (SSSR count). The topological polar surface area (TPSA) is 44.7 Å². The minimum Gasteiger partial charge on any atom is -0.334 e. The van der Waals surface area contributed by atoms with Gasteiger partial charge in [0.1, 0.15) is 5.71 Å². The van der Waals surface area contributed by atoms with Crippen LogP contribution in [0, 0.1) is 5.92 Å². The first-order valence-corrected chi connectivity index (χ1v) is 10.5. The fourth-order valence-corrected chi connectivity index (χ4v) is 4.41. The third-order valence-corrected chi connectivity index (χ3v) is 6.03. The first-order chi connectivity index (χ1) is 13.7. The number of likely N-dealkylation sites (tertiary alicyclic amines) is 1. The third kappa shape index (κ3) is 4.39. The molecule has 0 bridgehead atoms. The molecule has 1 saturated carbocycles. The van der Waals surface area contributed by atoms with Crippen molar-refractivity contribution in [3.8, 4) is 0 Å². The second-order valence-electron chi connectivity index (χ2n) is 7.75. The molecule has 0 radical (unpaired) electrons. The van der Waals surface area contributed by atoms with Gasteiger partial charge in [0.15, 0.2) is 0 Å². The van der Waals surface area contributed by atoms with E-state index in [1.165, 1.54) is 24.8 Å². The molecule has 2 fully saturated rings. The lowest BCUT2D eigenvalue weighted by atomic mass is 9.94. The number of rotatable bonds is 5. The Bertz CT molecular complexity index is 829. The lowest BCUT2D eigenvalue weighted by molar-refractivity contribution is -0.125. The van der Waals surface area contributed by atoms with Gasteiger partial charge >= 0.3 is 0 Å². The van der Waals surface area contributed by atoms with Crippen LogP contribution in [0.5, 0.6) is 0 Å². The zero-order chi connectivity index (χ0) is 19.3. The number of anilines is 1. The highest BCUT2D eigenvalue weighted by Crippen LogP contribution is 2.29. The summed E-state index contributed by atoms with van der Waals surface area (Å²) in [5, 5.41) is 5.24. The van der Waals surface area contributed by atoms with Gasteiger partial charge in [-0.15, -0.1) is 0 Å². The molecule has 1 aliphatic heterocycles. The summed E-state index contributed by atoms with van der Waals surface area (Å²) in [6, 6.07) is 18.1. The van der Waals surface area contributed by atoms with Gasteiger partial charge in [0, 0.05) is 23.5 Å². The minimum atomic E-state index is 0.0919. The van der Waals surface area contributed by atoms with Crippen molar-refractivity contribution in [2.75, 3.05) is 12.0 Å². The van der Waals surface area contributed by atoms with Crippen molar-refractivity contribution >= 4 is 28.9 Å². The normalized spacial score (nSPS) is 22.0. The maximum atomic E-state index is 13.2. The number of nitrogens with one attached hydrogen (secondary N) is 1. The van der Waals surface area contributed by atoms with E-state index < -0.39 is 0 Å². The number of carbonyl (C=O) groups excluding carboxylic acids is 1. The summed E-state index contributed by atoms with van der Waals surface area (Å²) >= 11 is 5.96. The average molecular weight is 396 g/mol. The van der Waals surface area contributed by atoms with Crippen LogP contribution in [0.4, 0.5) is 5.69 Å². The van der Waals surface area contributed by atoms with Gasteiger partial charge in [-0.3, -0.25) is 10.2 Å². The molecule has 0 aromatic heterocycles. The number of hydrogen-bond acceptors (Lipinski definition) is 3. The van der Waals surface area contributed by atoms with E-state index in [1.54, 1.807) is 0 Å². The molecule has 1 saturated heterocycles. The molecule has 1 N–H and O–H groups in total. The highest BCUT2D eigenvalue weighted by molar-refractivity contribution is 6.41. The van der Waals surface area contributed by atoms with E-state index in [1.807, 2.05) is 42.5 Å². The van der Waals surface area contributed by atoms with E-state index in [4.69, 9.17) is 11.6 Å². The van der Waals surface area contributed by atoms with E-state index in [0.717, 1.165) is 31.5 Å². The molecule has 4 nitrogen and oxygen atoms in total. The Balaban J connectivity index is 1.55. The van der Waals surface area contributed by atoms with Gasteiger partial charge < -0.3 is 4.90 Å². The number of halogens is 1. The maximum absolute atomic E-state index is 13.2. The number of nitrogens with zero attached hydrogens (tertiary/aromatic N) is 2. The Hall–Kier alpha value is -2.33. The number of carbonyl (C=O) groups is 1. The predicted octanol–water partition coefficient (Wildman–Crippen LogP) is 5.14. The zero-order valence-electron chi connectivity index (χ0n) is 16.0.